The Labute approximate surface area is 175 Å². The van der Waals surface area contributed by atoms with Gasteiger partial charge in [-0.15, -0.1) is 0 Å². The van der Waals surface area contributed by atoms with E-state index in [2.05, 4.69) is 30.5 Å². The van der Waals surface area contributed by atoms with Gasteiger partial charge in [0.25, 0.3) is 0 Å². The fourth-order valence-corrected chi connectivity index (χ4v) is 3.29. The molecule has 0 amide bonds. The van der Waals surface area contributed by atoms with E-state index >= 15 is 0 Å². The number of fused-ring (bicyclic) bond motifs is 1. The van der Waals surface area contributed by atoms with E-state index in [4.69, 9.17) is 14.6 Å². The summed E-state index contributed by atoms with van der Waals surface area (Å²) in [5.74, 6) is 2.16. The van der Waals surface area contributed by atoms with Crippen LogP contribution in [-0.4, -0.2) is 77.6 Å². The lowest BCUT2D eigenvalue weighted by molar-refractivity contribution is 0.0398. The van der Waals surface area contributed by atoms with Crippen LogP contribution in [0.4, 0.5) is 17.3 Å². The van der Waals surface area contributed by atoms with Crippen LogP contribution in [0.3, 0.4) is 0 Å². The number of benzene rings is 1. The topological polar surface area (TPSA) is 105 Å². The van der Waals surface area contributed by atoms with Crippen molar-refractivity contribution in [3.05, 3.63) is 42.9 Å². The summed E-state index contributed by atoms with van der Waals surface area (Å²) < 4.78 is 10.9. The van der Waals surface area contributed by atoms with E-state index in [1.54, 1.807) is 6.20 Å². The molecule has 30 heavy (non-hydrogen) atoms. The maximum Gasteiger partial charge on any atom is 0.141 e. The summed E-state index contributed by atoms with van der Waals surface area (Å²) in [6.07, 6.45) is 3.27. The number of hydrogen-bond acceptors (Lipinski definition) is 9. The Hall–Kier alpha value is -3.01. The molecule has 2 aromatic heterocycles. The van der Waals surface area contributed by atoms with Crippen LogP contribution in [0.25, 0.3) is 10.9 Å². The smallest absolute Gasteiger partial charge is 0.141 e. The van der Waals surface area contributed by atoms with Crippen LogP contribution in [0.1, 0.15) is 0 Å². The lowest BCUT2D eigenvalue weighted by Gasteiger charge is -2.26. The molecule has 9 heteroatoms. The third-order valence-electron chi connectivity index (χ3n) is 4.82. The van der Waals surface area contributed by atoms with Crippen molar-refractivity contribution >= 4 is 28.2 Å². The first-order chi connectivity index (χ1) is 14.8. The summed E-state index contributed by atoms with van der Waals surface area (Å²) in [5, 5.41) is 16.5. The highest BCUT2D eigenvalue weighted by Gasteiger charge is 2.10. The van der Waals surface area contributed by atoms with E-state index in [-0.39, 0.29) is 13.2 Å². The molecule has 3 aromatic rings. The molecule has 0 aliphatic carbocycles. The van der Waals surface area contributed by atoms with Crippen molar-refractivity contribution in [1.29, 1.82) is 0 Å². The molecule has 1 aliphatic heterocycles. The van der Waals surface area contributed by atoms with Crippen molar-refractivity contribution in [2.75, 3.05) is 63.2 Å². The maximum atomic E-state index is 8.93. The van der Waals surface area contributed by atoms with E-state index in [1.165, 1.54) is 6.33 Å². The molecule has 1 aromatic carbocycles. The zero-order chi connectivity index (χ0) is 20.6. The Bertz CT molecular complexity index is 964. The van der Waals surface area contributed by atoms with E-state index in [9.17, 15) is 0 Å². The van der Waals surface area contributed by atoms with Crippen molar-refractivity contribution in [2.45, 2.75) is 0 Å². The van der Waals surface area contributed by atoms with Crippen molar-refractivity contribution < 1.29 is 14.6 Å². The molecule has 1 fully saturated rings. The van der Waals surface area contributed by atoms with Crippen molar-refractivity contribution in [3.8, 4) is 5.75 Å². The first-order valence-corrected chi connectivity index (χ1v) is 10.1. The largest absolute Gasteiger partial charge is 0.491 e. The van der Waals surface area contributed by atoms with Gasteiger partial charge in [-0.05, 0) is 18.2 Å². The second kappa shape index (κ2) is 10.1. The predicted octanol–water partition coefficient (Wildman–Crippen LogP) is 1.88. The highest BCUT2D eigenvalue weighted by Crippen LogP contribution is 2.26. The summed E-state index contributed by atoms with van der Waals surface area (Å²) in [5.41, 5.74) is 1.60. The molecular formula is C21H26N6O3. The normalized spacial score (nSPS) is 14.6. The second-order valence-corrected chi connectivity index (χ2v) is 6.91. The minimum Gasteiger partial charge on any atom is -0.491 e. The van der Waals surface area contributed by atoms with E-state index < -0.39 is 0 Å². The fraction of sp³-hybridized carbons (Fsp3) is 0.381. The van der Waals surface area contributed by atoms with Crippen molar-refractivity contribution in [3.63, 3.8) is 0 Å². The lowest BCUT2D eigenvalue weighted by atomic mass is 10.2. The number of morpholine rings is 1. The summed E-state index contributed by atoms with van der Waals surface area (Å²) in [6.45, 7) is 5.51. The average molecular weight is 410 g/mol. The maximum absolute atomic E-state index is 8.93. The molecule has 4 rings (SSSR count). The van der Waals surface area contributed by atoms with Gasteiger partial charge in [0.05, 0.1) is 31.5 Å². The number of hydrogen-bond donors (Lipinski definition) is 3. The first kappa shape index (κ1) is 20.3. The van der Waals surface area contributed by atoms with Crippen molar-refractivity contribution in [1.82, 2.24) is 19.9 Å². The Morgan fingerprint density at radius 2 is 2.03 bits per heavy atom. The number of aliphatic hydroxyl groups is 1. The molecule has 3 N–H and O–H groups in total. The third kappa shape index (κ3) is 5.32. The van der Waals surface area contributed by atoms with Gasteiger partial charge in [-0.1, -0.05) is 6.07 Å². The molecule has 9 nitrogen and oxygen atoms in total. The molecule has 0 atom stereocenters. The van der Waals surface area contributed by atoms with Crippen LogP contribution >= 0.6 is 0 Å². The van der Waals surface area contributed by atoms with Crippen molar-refractivity contribution in [2.24, 2.45) is 0 Å². The average Bonchev–Trinajstić information content (AvgIpc) is 2.79. The Morgan fingerprint density at radius 1 is 1.13 bits per heavy atom. The van der Waals surface area contributed by atoms with Crippen LogP contribution in [0.2, 0.25) is 0 Å². The molecule has 0 unspecified atom stereocenters. The van der Waals surface area contributed by atoms with Crippen LogP contribution in [0, 0.1) is 0 Å². The Kier molecular flexibility index (Phi) is 6.86. The summed E-state index contributed by atoms with van der Waals surface area (Å²) in [4.78, 5) is 15.6. The number of anilines is 3. The van der Waals surface area contributed by atoms with Gasteiger partial charge in [-0.3, -0.25) is 4.90 Å². The zero-order valence-electron chi connectivity index (χ0n) is 16.8. The monoisotopic (exact) mass is 410 g/mol. The number of ether oxygens (including phenoxy) is 2. The third-order valence-corrected chi connectivity index (χ3v) is 4.82. The molecular weight excluding hydrogens is 384 g/mol. The number of rotatable bonds is 9. The standard InChI is InChI=1S/C21H26N6O3/c28-8-11-30-17-3-1-2-16(12-17)26-21-18-13-20(23-14-19(18)24-15-25-21)22-4-5-27-6-9-29-10-7-27/h1-3,12-15,28H,4-11H2,(H,22,23)(H,24,25,26). The predicted molar refractivity (Wildman–Crippen MR) is 115 cm³/mol. The Balaban J connectivity index is 1.46. The molecule has 3 heterocycles. The van der Waals surface area contributed by atoms with Gasteiger partial charge in [0, 0.05) is 43.3 Å². The lowest BCUT2D eigenvalue weighted by Crippen LogP contribution is -2.39. The first-order valence-electron chi connectivity index (χ1n) is 10.1. The van der Waals surface area contributed by atoms with Crippen LogP contribution in [0.15, 0.2) is 42.9 Å². The molecule has 1 aliphatic rings. The number of nitrogens with zero attached hydrogens (tertiary/aromatic N) is 4. The fourth-order valence-electron chi connectivity index (χ4n) is 3.29. The molecule has 0 saturated carbocycles. The number of pyridine rings is 1. The number of nitrogens with one attached hydrogen (secondary N) is 2. The van der Waals surface area contributed by atoms with Crippen LogP contribution in [0.5, 0.6) is 5.75 Å². The van der Waals surface area contributed by atoms with Crippen LogP contribution in [-0.2, 0) is 4.74 Å². The van der Waals surface area contributed by atoms with Gasteiger partial charge in [0.15, 0.2) is 0 Å². The summed E-state index contributed by atoms with van der Waals surface area (Å²) >= 11 is 0. The van der Waals surface area contributed by atoms with Crippen LogP contribution < -0.4 is 15.4 Å². The van der Waals surface area contributed by atoms with Gasteiger partial charge in [0.1, 0.15) is 30.3 Å². The van der Waals surface area contributed by atoms with E-state index in [1.807, 2.05) is 30.3 Å². The minimum absolute atomic E-state index is 0.0253. The highest BCUT2D eigenvalue weighted by molar-refractivity contribution is 5.91. The summed E-state index contributed by atoms with van der Waals surface area (Å²) in [7, 11) is 0. The van der Waals surface area contributed by atoms with Gasteiger partial charge in [-0.2, -0.15) is 0 Å². The van der Waals surface area contributed by atoms with Gasteiger partial charge >= 0.3 is 0 Å². The van der Waals surface area contributed by atoms with Gasteiger partial charge < -0.3 is 25.2 Å². The molecule has 1 saturated heterocycles. The number of aliphatic hydroxyl groups excluding tert-OH is 1. The quantitative estimate of drug-likeness (QED) is 0.488. The highest BCUT2D eigenvalue weighted by atomic mass is 16.5. The van der Waals surface area contributed by atoms with Gasteiger partial charge in [0.2, 0.25) is 0 Å². The Morgan fingerprint density at radius 3 is 2.90 bits per heavy atom. The zero-order valence-corrected chi connectivity index (χ0v) is 16.8. The molecule has 0 radical (unpaired) electrons. The SMILES string of the molecule is OCCOc1cccc(Nc2ncnc3cnc(NCCN4CCOCC4)cc23)c1. The number of aromatic nitrogens is 3. The minimum atomic E-state index is -0.0253. The second-order valence-electron chi connectivity index (χ2n) is 6.91. The molecule has 0 spiro atoms. The van der Waals surface area contributed by atoms with E-state index in [0.717, 1.165) is 61.8 Å². The molecule has 0 bridgehead atoms. The van der Waals surface area contributed by atoms with E-state index in [0.29, 0.717) is 11.6 Å². The van der Waals surface area contributed by atoms with Gasteiger partial charge in [-0.25, -0.2) is 15.0 Å². The summed E-state index contributed by atoms with van der Waals surface area (Å²) in [6, 6.07) is 9.50. The molecule has 158 valence electrons.